The molecule has 1 aromatic carbocycles. The second kappa shape index (κ2) is 7.83. The van der Waals surface area contributed by atoms with Gasteiger partial charge in [0.15, 0.2) is 5.82 Å². The van der Waals surface area contributed by atoms with Crippen molar-refractivity contribution in [3.05, 3.63) is 46.1 Å². The first-order valence-electron chi connectivity index (χ1n) is 10.2. The number of aryl methyl sites for hydroxylation is 3. The van der Waals surface area contributed by atoms with Crippen LogP contribution >= 0.6 is 0 Å². The van der Waals surface area contributed by atoms with Gasteiger partial charge in [0.05, 0.1) is 5.69 Å². The van der Waals surface area contributed by atoms with Gasteiger partial charge in [-0.15, -0.1) is 0 Å². The lowest BCUT2D eigenvalue weighted by atomic mass is 9.84. The number of rotatable bonds is 4. The molecule has 1 fully saturated rings. The molecule has 5 N–H and O–H groups in total. The topological polar surface area (TPSA) is 105 Å². The van der Waals surface area contributed by atoms with E-state index < -0.39 is 0 Å². The standard InChI is InChI=1S/C22H29N7/c1-12-10-18(13(2)9-17(12)16-5-7-24-8-6-16)20-15(4)21(27-22(23)26-20)25-19-11-14(3)28-29-19/h9-11,16,24H,5-8H2,1-4H3,(H4,23,25,26,27,28,29). The quantitative estimate of drug-likeness (QED) is 0.538. The Morgan fingerprint density at radius 3 is 2.45 bits per heavy atom. The van der Waals surface area contributed by atoms with Gasteiger partial charge in [0.25, 0.3) is 0 Å². The highest BCUT2D eigenvalue weighted by Gasteiger charge is 2.20. The van der Waals surface area contributed by atoms with Crippen LogP contribution in [0.15, 0.2) is 18.2 Å². The summed E-state index contributed by atoms with van der Waals surface area (Å²) < 4.78 is 0. The van der Waals surface area contributed by atoms with Gasteiger partial charge in [-0.05, 0) is 82.3 Å². The molecule has 0 unspecified atom stereocenters. The molecule has 7 nitrogen and oxygen atoms in total. The zero-order chi connectivity index (χ0) is 20.5. The van der Waals surface area contributed by atoms with Crippen LogP contribution in [0.25, 0.3) is 11.3 Å². The number of nitrogen functional groups attached to an aromatic ring is 1. The second-order valence-electron chi connectivity index (χ2n) is 8.01. The molecule has 1 saturated heterocycles. The summed E-state index contributed by atoms with van der Waals surface area (Å²) in [5.41, 5.74) is 13.9. The van der Waals surface area contributed by atoms with Crippen molar-refractivity contribution in [1.82, 2.24) is 25.5 Å². The first kappa shape index (κ1) is 19.4. The van der Waals surface area contributed by atoms with Gasteiger partial charge < -0.3 is 16.4 Å². The number of piperidine rings is 1. The zero-order valence-corrected chi connectivity index (χ0v) is 17.6. The number of nitrogens with one attached hydrogen (secondary N) is 3. The molecule has 0 radical (unpaired) electrons. The van der Waals surface area contributed by atoms with Gasteiger partial charge in [-0.3, -0.25) is 5.10 Å². The first-order valence-corrected chi connectivity index (χ1v) is 10.2. The normalized spacial score (nSPS) is 14.9. The number of nitrogens with two attached hydrogens (primary N) is 1. The van der Waals surface area contributed by atoms with E-state index in [-0.39, 0.29) is 5.95 Å². The van der Waals surface area contributed by atoms with E-state index in [1.54, 1.807) is 0 Å². The van der Waals surface area contributed by atoms with Crippen LogP contribution < -0.4 is 16.4 Å². The van der Waals surface area contributed by atoms with Gasteiger partial charge >= 0.3 is 0 Å². The minimum atomic E-state index is 0.250. The third-order valence-corrected chi connectivity index (χ3v) is 5.76. The third kappa shape index (κ3) is 3.96. The fourth-order valence-corrected chi connectivity index (χ4v) is 4.19. The molecule has 0 amide bonds. The monoisotopic (exact) mass is 391 g/mol. The number of hydrogen-bond donors (Lipinski definition) is 4. The number of nitrogens with zero attached hydrogens (tertiary/aromatic N) is 3. The van der Waals surface area contributed by atoms with Crippen molar-refractivity contribution in [2.45, 2.75) is 46.5 Å². The Labute approximate surface area is 171 Å². The Hall–Kier alpha value is -2.93. The molecule has 2 aromatic heterocycles. The van der Waals surface area contributed by atoms with Crippen LogP contribution in [-0.4, -0.2) is 33.3 Å². The largest absolute Gasteiger partial charge is 0.368 e. The van der Waals surface area contributed by atoms with E-state index >= 15 is 0 Å². The Morgan fingerprint density at radius 1 is 1.00 bits per heavy atom. The highest BCUT2D eigenvalue weighted by Crippen LogP contribution is 2.35. The fraction of sp³-hybridized carbons (Fsp3) is 0.409. The van der Waals surface area contributed by atoms with Crippen LogP contribution in [0.1, 0.15) is 46.7 Å². The highest BCUT2D eigenvalue weighted by molar-refractivity contribution is 5.74. The van der Waals surface area contributed by atoms with Gasteiger partial charge in [-0.25, -0.2) is 4.98 Å². The van der Waals surface area contributed by atoms with Crippen molar-refractivity contribution in [2.24, 2.45) is 0 Å². The predicted molar refractivity (Wildman–Crippen MR) is 118 cm³/mol. The summed E-state index contributed by atoms with van der Waals surface area (Å²) in [7, 11) is 0. The van der Waals surface area contributed by atoms with Crippen molar-refractivity contribution >= 4 is 17.6 Å². The van der Waals surface area contributed by atoms with Crippen molar-refractivity contribution in [3.63, 3.8) is 0 Å². The highest BCUT2D eigenvalue weighted by atomic mass is 15.2. The van der Waals surface area contributed by atoms with Crippen molar-refractivity contribution < 1.29 is 0 Å². The lowest BCUT2D eigenvalue weighted by Gasteiger charge is -2.25. The summed E-state index contributed by atoms with van der Waals surface area (Å²) in [6.07, 6.45) is 2.38. The van der Waals surface area contributed by atoms with Crippen LogP contribution in [0.3, 0.4) is 0 Å². The van der Waals surface area contributed by atoms with E-state index in [4.69, 9.17) is 5.73 Å². The maximum absolute atomic E-state index is 6.06. The Bertz CT molecular complexity index is 1030. The Kier molecular flexibility index (Phi) is 5.24. The molecule has 152 valence electrons. The van der Waals surface area contributed by atoms with Gasteiger partial charge in [0.2, 0.25) is 5.95 Å². The van der Waals surface area contributed by atoms with Crippen LogP contribution in [0.2, 0.25) is 0 Å². The molecule has 1 aliphatic heterocycles. The Balaban J connectivity index is 1.73. The number of aromatic nitrogens is 4. The molecule has 0 bridgehead atoms. The van der Waals surface area contributed by atoms with Crippen LogP contribution in [-0.2, 0) is 0 Å². The molecule has 0 saturated carbocycles. The van der Waals surface area contributed by atoms with E-state index in [1.165, 1.54) is 29.5 Å². The average Bonchev–Trinajstić information content (AvgIpc) is 3.11. The molecule has 0 atom stereocenters. The Morgan fingerprint density at radius 2 is 1.76 bits per heavy atom. The number of anilines is 3. The minimum absolute atomic E-state index is 0.250. The summed E-state index contributed by atoms with van der Waals surface area (Å²) in [6.45, 7) is 10.5. The molecule has 0 spiro atoms. The smallest absolute Gasteiger partial charge is 0.222 e. The van der Waals surface area contributed by atoms with E-state index in [1.807, 2.05) is 19.9 Å². The number of aromatic amines is 1. The lowest BCUT2D eigenvalue weighted by molar-refractivity contribution is 0.459. The van der Waals surface area contributed by atoms with E-state index in [0.29, 0.717) is 17.6 Å². The maximum atomic E-state index is 6.06. The average molecular weight is 392 g/mol. The summed E-state index contributed by atoms with van der Waals surface area (Å²) >= 11 is 0. The second-order valence-corrected chi connectivity index (χ2v) is 8.01. The predicted octanol–water partition coefficient (Wildman–Crippen LogP) is 3.89. The van der Waals surface area contributed by atoms with Gasteiger partial charge in [0, 0.05) is 22.9 Å². The molecule has 3 heterocycles. The summed E-state index contributed by atoms with van der Waals surface area (Å²) in [6, 6.07) is 6.52. The molecule has 4 rings (SSSR count). The molecule has 3 aromatic rings. The number of benzene rings is 1. The van der Waals surface area contributed by atoms with Crippen LogP contribution in [0, 0.1) is 27.7 Å². The van der Waals surface area contributed by atoms with Crippen molar-refractivity contribution in [3.8, 4) is 11.3 Å². The molecule has 0 aliphatic carbocycles. The SMILES string of the molecule is Cc1cc(Nc2nc(N)nc(-c3cc(C)c(C4CCNCC4)cc3C)c2C)n[nH]1. The van der Waals surface area contributed by atoms with Crippen LogP contribution in [0.4, 0.5) is 17.6 Å². The van der Waals surface area contributed by atoms with Crippen molar-refractivity contribution in [2.75, 3.05) is 24.1 Å². The number of H-pyrrole nitrogens is 1. The van der Waals surface area contributed by atoms with E-state index in [9.17, 15) is 0 Å². The van der Waals surface area contributed by atoms with Crippen LogP contribution in [0.5, 0.6) is 0 Å². The van der Waals surface area contributed by atoms with Gasteiger partial charge in [-0.1, -0.05) is 6.07 Å². The van der Waals surface area contributed by atoms with E-state index in [2.05, 4.69) is 56.8 Å². The van der Waals surface area contributed by atoms with E-state index in [0.717, 1.165) is 35.6 Å². The minimum Gasteiger partial charge on any atom is -0.368 e. The lowest BCUT2D eigenvalue weighted by Crippen LogP contribution is -2.27. The summed E-state index contributed by atoms with van der Waals surface area (Å²) in [5.74, 6) is 2.27. The first-order chi connectivity index (χ1) is 13.9. The summed E-state index contributed by atoms with van der Waals surface area (Å²) in [4.78, 5) is 8.98. The molecule has 1 aliphatic rings. The van der Waals surface area contributed by atoms with Gasteiger partial charge in [-0.2, -0.15) is 10.1 Å². The zero-order valence-electron chi connectivity index (χ0n) is 17.6. The molecule has 29 heavy (non-hydrogen) atoms. The third-order valence-electron chi connectivity index (χ3n) is 5.76. The maximum Gasteiger partial charge on any atom is 0.222 e. The number of hydrogen-bond acceptors (Lipinski definition) is 6. The molecule has 7 heteroatoms. The van der Waals surface area contributed by atoms with Crippen molar-refractivity contribution in [1.29, 1.82) is 0 Å². The van der Waals surface area contributed by atoms with Gasteiger partial charge in [0.1, 0.15) is 5.82 Å². The molecular weight excluding hydrogens is 362 g/mol. The fourth-order valence-electron chi connectivity index (χ4n) is 4.19. The molecular formula is C22H29N7. The summed E-state index contributed by atoms with van der Waals surface area (Å²) in [5, 5.41) is 13.9.